The van der Waals surface area contributed by atoms with Gasteiger partial charge in [-0.2, -0.15) is 0 Å². The zero-order valence-corrected chi connectivity index (χ0v) is 19.1. The lowest BCUT2D eigenvalue weighted by Crippen LogP contribution is -2.41. The minimum atomic E-state index is -0.969. The quantitative estimate of drug-likeness (QED) is 0.463. The number of hydrogen-bond donors (Lipinski definition) is 1. The average molecular weight is 476 g/mol. The fourth-order valence-electron chi connectivity index (χ4n) is 3.26. The van der Waals surface area contributed by atoms with Gasteiger partial charge in [0.05, 0.1) is 25.8 Å². The van der Waals surface area contributed by atoms with Gasteiger partial charge in [0.25, 0.3) is 5.91 Å². The highest BCUT2D eigenvalue weighted by Gasteiger charge is 2.45. The molecule has 1 saturated heterocycles. The van der Waals surface area contributed by atoms with E-state index in [0.29, 0.717) is 28.8 Å². The molecule has 1 aliphatic rings. The van der Waals surface area contributed by atoms with Gasteiger partial charge in [-0.3, -0.25) is 19.3 Å². The third kappa shape index (κ3) is 5.35. The van der Waals surface area contributed by atoms with Gasteiger partial charge >= 0.3 is 5.97 Å². The summed E-state index contributed by atoms with van der Waals surface area (Å²) < 4.78 is 10.1. The molecule has 3 rings (SSSR count). The minimum Gasteiger partial charge on any atom is -0.494 e. The molecule has 0 aromatic heterocycles. The van der Waals surface area contributed by atoms with Gasteiger partial charge in [0, 0.05) is 10.7 Å². The average Bonchev–Trinajstić information content (AvgIpc) is 2.99. The SMILES string of the molecule is CCOc1ccc(NC(=O)CC2C(=O)N(c3cccc(Cl)c3)C(=S)N2CC(=O)OC)cc1. The number of hydrogen-bond acceptors (Lipinski definition) is 6. The van der Waals surface area contributed by atoms with Gasteiger partial charge in [0.15, 0.2) is 5.11 Å². The molecule has 1 unspecified atom stereocenters. The number of nitrogens with zero attached hydrogens (tertiary/aromatic N) is 2. The number of benzene rings is 2. The lowest BCUT2D eigenvalue weighted by atomic mass is 10.1. The maximum absolute atomic E-state index is 13.2. The molecular weight excluding hydrogens is 454 g/mol. The minimum absolute atomic E-state index is 0.0986. The fourth-order valence-corrected chi connectivity index (χ4v) is 3.83. The Bertz CT molecular complexity index is 1030. The zero-order chi connectivity index (χ0) is 23.3. The van der Waals surface area contributed by atoms with E-state index in [0.717, 1.165) is 0 Å². The summed E-state index contributed by atoms with van der Waals surface area (Å²) in [6, 6.07) is 12.5. The van der Waals surface area contributed by atoms with Crippen molar-refractivity contribution in [1.29, 1.82) is 0 Å². The number of carbonyl (C=O) groups excluding carboxylic acids is 3. The summed E-state index contributed by atoms with van der Waals surface area (Å²) in [5.41, 5.74) is 1.01. The molecule has 0 bridgehead atoms. The molecule has 2 aromatic rings. The second kappa shape index (κ2) is 10.4. The smallest absolute Gasteiger partial charge is 0.325 e. The van der Waals surface area contributed by atoms with Crippen LogP contribution in [0, 0.1) is 0 Å². The monoisotopic (exact) mass is 475 g/mol. The van der Waals surface area contributed by atoms with E-state index >= 15 is 0 Å². The Balaban J connectivity index is 1.79. The second-order valence-electron chi connectivity index (χ2n) is 6.87. The van der Waals surface area contributed by atoms with E-state index in [1.807, 2.05) is 6.92 Å². The second-order valence-corrected chi connectivity index (χ2v) is 7.67. The number of amides is 2. The van der Waals surface area contributed by atoms with Gasteiger partial charge in [0.2, 0.25) is 5.91 Å². The predicted molar refractivity (Wildman–Crippen MR) is 125 cm³/mol. The third-order valence-electron chi connectivity index (χ3n) is 4.74. The van der Waals surface area contributed by atoms with E-state index in [1.165, 1.54) is 16.9 Å². The van der Waals surface area contributed by atoms with Crippen LogP contribution < -0.4 is 15.0 Å². The Morgan fingerprint density at radius 2 is 1.91 bits per heavy atom. The topological polar surface area (TPSA) is 88.2 Å². The number of thiocarbonyl (C=S) groups is 1. The van der Waals surface area contributed by atoms with Crippen LogP contribution in [0.5, 0.6) is 5.75 Å². The number of halogens is 1. The highest BCUT2D eigenvalue weighted by atomic mass is 35.5. The number of esters is 1. The van der Waals surface area contributed by atoms with Gasteiger partial charge in [-0.1, -0.05) is 17.7 Å². The van der Waals surface area contributed by atoms with E-state index in [1.54, 1.807) is 48.5 Å². The lowest BCUT2D eigenvalue weighted by molar-refractivity contribution is -0.141. The van der Waals surface area contributed by atoms with Crippen LogP contribution in [0.1, 0.15) is 13.3 Å². The van der Waals surface area contributed by atoms with Gasteiger partial charge in [-0.15, -0.1) is 0 Å². The Morgan fingerprint density at radius 1 is 1.19 bits per heavy atom. The molecule has 1 atom stereocenters. The molecule has 1 heterocycles. The molecule has 1 N–H and O–H groups in total. The van der Waals surface area contributed by atoms with Crippen molar-refractivity contribution >= 4 is 58.1 Å². The number of nitrogens with one attached hydrogen (secondary N) is 1. The molecule has 1 aliphatic heterocycles. The first-order valence-electron chi connectivity index (χ1n) is 9.83. The van der Waals surface area contributed by atoms with Crippen LogP contribution in [-0.2, 0) is 19.1 Å². The number of methoxy groups -OCH3 is 1. The summed E-state index contributed by atoms with van der Waals surface area (Å²) in [5.74, 6) is -0.727. The van der Waals surface area contributed by atoms with E-state index in [9.17, 15) is 14.4 Å². The summed E-state index contributed by atoms with van der Waals surface area (Å²) >= 11 is 11.5. The molecule has 8 nitrogen and oxygen atoms in total. The molecule has 168 valence electrons. The number of anilines is 2. The van der Waals surface area contributed by atoms with Crippen molar-refractivity contribution in [1.82, 2.24) is 4.90 Å². The van der Waals surface area contributed by atoms with E-state index in [-0.39, 0.29) is 18.1 Å². The first-order valence-corrected chi connectivity index (χ1v) is 10.6. The van der Waals surface area contributed by atoms with Crippen LogP contribution in [0.25, 0.3) is 0 Å². The number of ether oxygens (including phenoxy) is 2. The predicted octanol–water partition coefficient (Wildman–Crippen LogP) is 3.24. The van der Waals surface area contributed by atoms with Crippen LogP contribution in [0.15, 0.2) is 48.5 Å². The Morgan fingerprint density at radius 3 is 2.53 bits per heavy atom. The molecular formula is C22H22ClN3O5S. The standard InChI is InChI=1S/C22H22ClN3O5S/c1-3-31-17-9-7-15(8-10-17)24-19(27)12-18-21(29)26(16-6-4-5-14(23)11-16)22(32)25(18)13-20(28)30-2/h4-11,18H,3,12-13H2,1-2H3,(H,24,27). The van der Waals surface area contributed by atoms with Crippen molar-refractivity contribution < 1.29 is 23.9 Å². The lowest BCUT2D eigenvalue weighted by Gasteiger charge is -2.22. The van der Waals surface area contributed by atoms with Crippen molar-refractivity contribution in [2.45, 2.75) is 19.4 Å². The number of carbonyl (C=O) groups is 3. The Labute approximate surface area is 196 Å². The number of rotatable bonds is 8. The highest BCUT2D eigenvalue weighted by molar-refractivity contribution is 7.80. The molecule has 0 aliphatic carbocycles. The Hall–Kier alpha value is -3.17. The summed E-state index contributed by atoms with van der Waals surface area (Å²) in [6.45, 7) is 2.15. The fraction of sp³-hybridized carbons (Fsp3) is 0.273. The Kier molecular flexibility index (Phi) is 7.66. The van der Waals surface area contributed by atoms with Crippen LogP contribution in [0.2, 0.25) is 5.02 Å². The molecule has 0 spiro atoms. The largest absolute Gasteiger partial charge is 0.494 e. The third-order valence-corrected chi connectivity index (χ3v) is 5.39. The summed E-state index contributed by atoms with van der Waals surface area (Å²) in [4.78, 5) is 40.5. The van der Waals surface area contributed by atoms with Gasteiger partial charge in [0.1, 0.15) is 18.3 Å². The normalized spacial score (nSPS) is 15.7. The molecule has 32 heavy (non-hydrogen) atoms. The van der Waals surface area contributed by atoms with Crippen LogP contribution >= 0.6 is 23.8 Å². The van der Waals surface area contributed by atoms with Crippen molar-refractivity contribution in [2.75, 3.05) is 30.5 Å². The highest BCUT2D eigenvalue weighted by Crippen LogP contribution is 2.29. The maximum atomic E-state index is 13.2. The first kappa shape index (κ1) is 23.5. The van der Waals surface area contributed by atoms with E-state index in [2.05, 4.69) is 5.32 Å². The summed E-state index contributed by atoms with van der Waals surface area (Å²) in [7, 11) is 1.24. The van der Waals surface area contributed by atoms with Crippen LogP contribution in [0.4, 0.5) is 11.4 Å². The zero-order valence-electron chi connectivity index (χ0n) is 17.5. The van der Waals surface area contributed by atoms with E-state index < -0.39 is 23.8 Å². The van der Waals surface area contributed by atoms with Crippen molar-refractivity contribution in [3.05, 3.63) is 53.6 Å². The molecule has 0 saturated carbocycles. The molecule has 2 aromatic carbocycles. The van der Waals surface area contributed by atoms with Gasteiger partial charge < -0.3 is 19.7 Å². The van der Waals surface area contributed by atoms with E-state index in [4.69, 9.17) is 33.3 Å². The summed E-state index contributed by atoms with van der Waals surface area (Å²) in [5, 5.41) is 3.28. The molecule has 10 heteroatoms. The van der Waals surface area contributed by atoms with Crippen LogP contribution in [0.3, 0.4) is 0 Å². The van der Waals surface area contributed by atoms with Crippen LogP contribution in [-0.4, -0.2) is 54.1 Å². The molecule has 2 amide bonds. The first-order chi connectivity index (χ1) is 15.3. The molecule has 1 fully saturated rings. The molecule has 0 radical (unpaired) electrons. The van der Waals surface area contributed by atoms with Gasteiger partial charge in [-0.05, 0) is 61.6 Å². The summed E-state index contributed by atoms with van der Waals surface area (Å²) in [6.07, 6.45) is -0.208. The van der Waals surface area contributed by atoms with Gasteiger partial charge in [-0.25, -0.2) is 0 Å². The maximum Gasteiger partial charge on any atom is 0.325 e. The van der Waals surface area contributed by atoms with Crippen molar-refractivity contribution in [2.24, 2.45) is 0 Å². The van der Waals surface area contributed by atoms with Crippen molar-refractivity contribution in [3.63, 3.8) is 0 Å². The van der Waals surface area contributed by atoms with Crippen molar-refractivity contribution in [3.8, 4) is 5.75 Å².